The highest BCUT2D eigenvalue weighted by molar-refractivity contribution is 9.10. The third-order valence-electron chi connectivity index (χ3n) is 3.17. The maximum Gasteiger partial charge on any atom is 0.0635 e. The summed E-state index contributed by atoms with van der Waals surface area (Å²) < 4.78 is 3.27. The van der Waals surface area contributed by atoms with Crippen molar-refractivity contribution in [1.82, 2.24) is 15.1 Å². The van der Waals surface area contributed by atoms with Gasteiger partial charge in [0.15, 0.2) is 0 Å². The van der Waals surface area contributed by atoms with Crippen molar-refractivity contribution in [2.24, 2.45) is 0 Å². The smallest absolute Gasteiger partial charge is 0.0635 e. The summed E-state index contributed by atoms with van der Waals surface area (Å²) in [6, 6.07) is 0.546. The standard InChI is InChI=1S/C14H26BrN3/c1-6-9-18-13(12(15)10-17-18)14(4,5)7-8-16-11(2)3/h10-11,16H,6-9H2,1-5H3. The average Bonchev–Trinajstić information content (AvgIpc) is 2.60. The van der Waals surface area contributed by atoms with Crippen molar-refractivity contribution in [3.8, 4) is 0 Å². The first-order chi connectivity index (χ1) is 8.38. The Morgan fingerprint density at radius 3 is 2.67 bits per heavy atom. The van der Waals surface area contributed by atoms with Gasteiger partial charge in [0, 0.05) is 18.0 Å². The first kappa shape index (κ1) is 15.7. The first-order valence-electron chi connectivity index (χ1n) is 6.83. The molecule has 0 radical (unpaired) electrons. The van der Waals surface area contributed by atoms with Crippen molar-refractivity contribution in [3.63, 3.8) is 0 Å². The van der Waals surface area contributed by atoms with Gasteiger partial charge in [-0.25, -0.2) is 0 Å². The molecule has 104 valence electrons. The van der Waals surface area contributed by atoms with Gasteiger partial charge >= 0.3 is 0 Å². The summed E-state index contributed by atoms with van der Waals surface area (Å²) in [4.78, 5) is 0. The lowest BCUT2D eigenvalue weighted by atomic mass is 9.85. The molecule has 0 aromatic carbocycles. The van der Waals surface area contributed by atoms with Gasteiger partial charge < -0.3 is 5.32 Å². The van der Waals surface area contributed by atoms with Gasteiger partial charge in [0.2, 0.25) is 0 Å². The Bertz CT molecular complexity index is 369. The number of hydrogen-bond donors (Lipinski definition) is 1. The zero-order chi connectivity index (χ0) is 13.8. The predicted molar refractivity (Wildman–Crippen MR) is 81.0 cm³/mol. The Morgan fingerprint density at radius 2 is 2.11 bits per heavy atom. The van der Waals surface area contributed by atoms with Crippen LogP contribution in [0.1, 0.15) is 53.2 Å². The fourth-order valence-electron chi connectivity index (χ4n) is 2.21. The van der Waals surface area contributed by atoms with Gasteiger partial charge in [-0.3, -0.25) is 4.68 Å². The van der Waals surface area contributed by atoms with E-state index in [-0.39, 0.29) is 5.41 Å². The summed E-state index contributed by atoms with van der Waals surface area (Å²) in [6.07, 6.45) is 4.14. The van der Waals surface area contributed by atoms with Crippen LogP contribution in [0, 0.1) is 0 Å². The molecule has 0 saturated heterocycles. The topological polar surface area (TPSA) is 29.9 Å². The van der Waals surface area contributed by atoms with Crippen LogP contribution < -0.4 is 5.32 Å². The number of aromatic nitrogens is 2. The van der Waals surface area contributed by atoms with Gasteiger partial charge in [-0.05, 0) is 35.3 Å². The maximum absolute atomic E-state index is 4.46. The van der Waals surface area contributed by atoms with Crippen molar-refractivity contribution in [2.45, 2.75) is 65.5 Å². The van der Waals surface area contributed by atoms with E-state index in [0.29, 0.717) is 6.04 Å². The van der Waals surface area contributed by atoms with Crippen LogP contribution in [0.25, 0.3) is 0 Å². The number of hydrogen-bond acceptors (Lipinski definition) is 2. The van der Waals surface area contributed by atoms with E-state index in [1.54, 1.807) is 0 Å². The van der Waals surface area contributed by atoms with Gasteiger partial charge in [-0.15, -0.1) is 0 Å². The summed E-state index contributed by atoms with van der Waals surface area (Å²) in [5.41, 5.74) is 1.45. The van der Waals surface area contributed by atoms with Crippen LogP contribution in [0.2, 0.25) is 0 Å². The van der Waals surface area contributed by atoms with E-state index in [2.05, 4.69) is 65.6 Å². The molecule has 1 heterocycles. The minimum absolute atomic E-state index is 0.131. The summed E-state index contributed by atoms with van der Waals surface area (Å²) >= 11 is 3.64. The number of aryl methyl sites for hydroxylation is 1. The van der Waals surface area contributed by atoms with E-state index in [9.17, 15) is 0 Å². The van der Waals surface area contributed by atoms with E-state index in [1.807, 2.05) is 6.20 Å². The molecule has 0 fully saturated rings. The fourth-order valence-corrected chi connectivity index (χ4v) is 3.04. The third kappa shape index (κ3) is 4.09. The van der Waals surface area contributed by atoms with Gasteiger partial charge in [-0.1, -0.05) is 34.6 Å². The van der Waals surface area contributed by atoms with Crippen LogP contribution >= 0.6 is 15.9 Å². The molecule has 0 atom stereocenters. The highest BCUT2D eigenvalue weighted by Crippen LogP contribution is 2.32. The SMILES string of the molecule is CCCn1ncc(Br)c1C(C)(C)CCNC(C)C. The van der Waals surface area contributed by atoms with E-state index in [0.717, 1.165) is 30.4 Å². The molecule has 1 N–H and O–H groups in total. The Balaban J connectivity index is 2.79. The van der Waals surface area contributed by atoms with E-state index >= 15 is 0 Å². The number of rotatable bonds is 7. The van der Waals surface area contributed by atoms with E-state index in [1.165, 1.54) is 5.69 Å². The van der Waals surface area contributed by atoms with Crippen molar-refractivity contribution < 1.29 is 0 Å². The minimum Gasteiger partial charge on any atom is -0.314 e. The molecule has 0 spiro atoms. The van der Waals surface area contributed by atoms with Gasteiger partial charge in [-0.2, -0.15) is 5.10 Å². The number of halogens is 1. The highest BCUT2D eigenvalue weighted by Gasteiger charge is 2.27. The largest absolute Gasteiger partial charge is 0.314 e. The molecule has 18 heavy (non-hydrogen) atoms. The lowest BCUT2D eigenvalue weighted by molar-refractivity contribution is 0.400. The molecule has 1 rings (SSSR count). The average molecular weight is 316 g/mol. The van der Waals surface area contributed by atoms with Gasteiger partial charge in [0.25, 0.3) is 0 Å². The second-order valence-corrected chi connectivity index (χ2v) is 6.66. The molecule has 0 saturated carbocycles. The molecule has 0 aliphatic rings. The Kier molecular flexibility index (Phi) is 5.86. The molecule has 1 aromatic rings. The molecule has 0 bridgehead atoms. The summed E-state index contributed by atoms with van der Waals surface area (Å²) in [5.74, 6) is 0. The third-order valence-corrected chi connectivity index (χ3v) is 3.75. The summed E-state index contributed by atoms with van der Waals surface area (Å²) in [6.45, 7) is 13.2. The van der Waals surface area contributed by atoms with Crippen LogP contribution in [0.5, 0.6) is 0 Å². The highest BCUT2D eigenvalue weighted by atomic mass is 79.9. The Morgan fingerprint density at radius 1 is 1.44 bits per heavy atom. The first-order valence-corrected chi connectivity index (χ1v) is 7.63. The van der Waals surface area contributed by atoms with Crippen LogP contribution in [0.3, 0.4) is 0 Å². The normalized spacial score (nSPS) is 12.4. The quantitative estimate of drug-likeness (QED) is 0.831. The van der Waals surface area contributed by atoms with E-state index in [4.69, 9.17) is 0 Å². The summed E-state index contributed by atoms with van der Waals surface area (Å²) in [5, 5.41) is 7.95. The van der Waals surface area contributed by atoms with Crippen molar-refractivity contribution in [2.75, 3.05) is 6.54 Å². The van der Waals surface area contributed by atoms with Crippen molar-refractivity contribution in [1.29, 1.82) is 0 Å². The van der Waals surface area contributed by atoms with Crippen LogP contribution in [-0.4, -0.2) is 22.4 Å². The monoisotopic (exact) mass is 315 g/mol. The molecule has 3 nitrogen and oxygen atoms in total. The van der Waals surface area contributed by atoms with Crippen LogP contribution in [0.15, 0.2) is 10.7 Å². The van der Waals surface area contributed by atoms with E-state index < -0.39 is 0 Å². The van der Waals surface area contributed by atoms with Crippen molar-refractivity contribution >= 4 is 15.9 Å². The molecule has 0 aliphatic carbocycles. The summed E-state index contributed by atoms with van der Waals surface area (Å²) in [7, 11) is 0. The van der Waals surface area contributed by atoms with Crippen molar-refractivity contribution in [3.05, 3.63) is 16.4 Å². The Labute approximate surface area is 119 Å². The maximum atomic E-state index is 4.46. The second kappa shape index (κ2) is 6.71. The minimum atomic E-state index is 0.131. The number of nitrogens with one attached hydrogen (secondary N) is 1. The molecule has 1 aromatic heterocycles. The van der Waals surface area contributed by atoms with Gasteiger partial charge in [0.1, 0.15) is 0 Å². The lowest BCUT2D eigenvalue weighted by Gasteiger charge is -2.27. The van der Waals surface area contributed by atoms with Crippen LogP contribution in [0.4, 0.5) is 0 Å². The zero-order valence-corrected chi connectivity index (χ0v) is 13.8. The molecular formula is C14H26BrN3. The fraction of sp³-hybridized carbons (Fsp3) is 0.786. The molecule has 4 heteroatoms. The molecular weight excluding hydrogens is 290 g/mol. The number of nitrogens with zero attached hydrogens (tertiary/aromatic N) is 2. The molecule has 0 aliphatic heterocycles. The lowest BCUT2D eigenvalue weighted by Crippen LogP contribution is -2.31. The zero-order valence-electron chi connectivity index (χ0n) is 12.3. The van der Waals surface area contributed by atoms with Crippen LogP contribution in [-0.2, 0) is 12.0 Å². The van der Waals surface area contributed by atoms with Gasteiger partial charge in [0.05, 0.1) is 16.4 Å². The predicted octanol–water partition coefficient (Wildman–Crippen LogP) is 3.72. The second-order valence-electron chi connectivity index (χ2n) is 5.81. The Hall–Kier alpha value is -0.350. The molecule has 0 amide bonds. The molecule has 0 unspecified atom stereocenters.